The van der Waals surface area contributed by atoms with Gasteiger partial charge in [-0.05, 0) is 13.0 Å². The van der Waals surface area contributed by atoms with E-state index >= 15 is 0 Å². The van der Waals surface area contributed by atoms with Gasteiger partial charge in [0.05, 0.1) is 17.9 Å². The minimum atomic E-state index is -4.13. The second kappa shape index (κ2) is 5.29. The molecule has 0 fully saturated rings. The number of hydrogen-bond donors (Lipinski definition) is 1. The van der Waals surface area contributed by atoms with Gasteiger partial charge in [-0.3, -0.25) is 4.68 Å². The van der Waals surface area contributed by atoms with E-state index in [0.717, 1.165) is 0 Å². The number of rotatable bonds is 5. The van der Waals surface area contributed by atoms with Crippen molar-refractivity contribution in [3.8, 4) is 0 Å². The van der Waals surface area contributed by atoms with Crippen molar-refractivity contribution in [3.63, 3.8) is 0 Å². The van der Waals surface area contributed by atoms with E-state index in [0.29, 0.717) is 12.2 Å². The average Bonchev–Trinajstić information content (AvgIpc) is 2.57. The molecule has 4 nitrogen and oxygen atoms in total. The summed E-state index contributed by atoms with van der Waals surface area (Å²) in [5.41, 5.74) is 0.672. The summed E-state index contributed by atoms with van der Waals surface area (Å²) in [6.07, 6.45) is -3.45. The summed E-state index contributed by atoms with van der Waals surface area (Å²) in [7, 11) is 1.67. The molecule has 0 aromatic carbocycles. The molecule has 0 aliphatic rings. The lowest BCUT2D eigenvalue weighted by molar-refractivity contribution is -0.136. The molecule has 1 N–H and O–H groups in total. The van der Waals surface area contributed by atoms with Crippen molar-refractivity contribution in [3.05, 3.63) is 11.9 Å². The summed E-state index contributed by atoms with van der Waals surface area (Å²) < 4.78 is 37.9. The van der Waals surface area contributed by atoms with Crippen LogP contribution in [0.4, 0.5) is 13.2 Å². The van der Waals surface area contributed by atoms with Crippen LogP contribution in [0.25, 0.3) is 0 Å². The number of nitrogens with one attached hydrogen (secondary N) is 1. The maximum Gasteiger partial charge on any atom is 0.389 e. The third kappa shape index (κ3) is 3.80. The zero-order chi connectivity index (χ0) is 12.2. The summed E-state index contributed by atoms with van der Waals surface area (Å²) in [5.74, 6) is 0. The Morgan fingerprint density at radius 2 is 2.19 bits per heavy atom. The fourth-order valence-electron chi connectivity index (χ4n) is 1.52. The van der Waals surface area contributed by atoms with Gasteiger partial charge in [-0.2, -0.15) is 13.2 Å². The van der Waals surface area contributed by atoms with Gasteiger partial charge in [0.1, 0.15) is 0 Å². The number of hydrogen-bond acceptors (Lipinski definition) is 3. The summed E-state index contributed by atoms with van der Waals surface area (Å²) in [6.45, 7) is 2.46. The van der Waals surface area contributed by atoms with Crippen LogP contribution in [-0.2, 0) is 7.05 Å². The minimum absolute atomic E-state index is 0.00144. The van der Waals surface area contributed by atoms with Gasteiger partial charge in [0.25, 0.3) is 0 Å². The number of nitrogens with zero attached hydrogens (tertiary/aromatic N) is 3. The Kier molecular flexibility index (Phi) is 4.28. The summed E-state index contributed by atoms with van der Waals surface area (Å²) >= 11 is 0. The van der Waals surface area contributed by atoms with Crippen LogP contribution in [0.5, 0.6) is 0 Å². The molecule has 1 unspecified atom stereocenters. The average molecular weight is 236 g/mol. The summed E-state index contributed by atoms with van der Waals surface area (Å²) in [6, 6.07) is -0.355. The van der Waals surface area contributed by atoms with Crippen LogP contribution in [0.2, 0.25) is 0 Å². The highest BCUT2D eigenvalue weighted by Crippen LogP contribution is 2.26. The second-order valence-corrected chi connectivity index (χ2v) is 3.55. The molecule has 16 heavy (non-hydrogen) atoms. The maximum atomic E-state index is 12.1. The highest BCUT2D eigenvalue weighted by Gasteiger charge is 2.29. The molecule has 1 atom stereocenters. The van der Waals surface area contributed by atoms with Crippen LogP contribution >= 0.6 is 0 Å². The molecule has 1 rings (SSSR count). The summed E-state index contributed by atoms with van der Waals surface area (Å²) in [4.78, 5) is 0. The lowest BCUT2D eigenvalue weighted by Crippen LogP contribution is -2.25. The van der Waals surface area contributed by atoms with Crippen LogP contribution in [0.3, 0.4) is 0 Å². The normalized spacial score (nSPS) is 14.1. The number of alkyl halides is 3. The van der Waals surface area contributed by atoms with Crippen LogP contribution in [0.15, 0.2) is 6.20 Å². The first-order chi connectivity index (χ1) is 7.44. The fraction of sp³-hybridized carbons (Fsp3) is 0.778. The van der Waals surface area contributed by atoms with Crippen LogP contribution in [0, 0.1) is 0 Å². The first kappa shape index (κ1) is 13.0. The SMILES string of the molecule is CCNC(CCC(F)(F)F)c1cnnn1C. The van der Waals surface area contributed by atoms with E-state index in [1.165, 1.54) is 10.9 Å². The molecule has 7 heteroatoms. The fourth-order valence-corrected chi connectivity index (χ4v) is 1.52. The van der Waals surface area contributed by atoms with E-state index in [2.05, 4.69) is 15.6 Å². The number of halogens is 3. The Hall–Kier alpha value is -1.11. The largest absolute Gasteiger partial charge is 0.389 e. The Balaban J connectivity index is 2.65. The van der Waals surface area contributed by atoms with E-state index in [1.807, 2.05) is 6.92 Å². The van der Waals surface area contributed by atoms with E-state index in [4.69, 9.17) is 0 Å². The highest BCUT2D eigenvalue weighted by molar-refractivity contribution is 5.01. The first-order valence-corrected chi connectivity index (χ1v) is 5.08. The van der Waals surface area contributed by atoms with Gasteiger partial charge in [-0.25, -0.2) is 0 Å². The van der Waals surface area contributed by atoms with E-state index in [1.54, 1.807) is 7.05 Å². The molecule has 0 radical (unpaired) electrons. The highest BCUT2D eigenvalue weighted by atomic mass is 19.4. The quantitative estimate of drug-likeness (QED) is 0.847. The predicted octanol–water partition coefficient (Wildman–Crippen LogP) is 1.81. The van der Waals surface area contributed by atoms with Crippen LogP contribution in [0.1, 0.15) is 31.5 Å². The first-order valence-electron chi connectivity index (χ1n) is 5.08. The van der Waals surface area contributed by atoms with Gasteiger partial charge < -0.3 is 5.32 Å². The van der Waals surface area contributed by atoms with Gasteiger partial charge >= 0.3 is 6.18 Å². The van der Waals surface area contributed by atoms with E-state index in [9.17, 15) is 13.2 Å². The molecule has 0 saturated heterocycles. The van der Waals surface area contributed by atoms with Gasteiger partial charge in [0.15, 0.2) is 0 Å². The van der Waals surface area contributed by atoms with E-state index < -0.39 is 12.6 Å². The Morgan fingerprint density at radius 3 is 2.62 bits per heavy atom. The van der Waals surface area contributed by atoms with Gasteiger partial charge in [-0.15, -0.1) is 5.10 Å². The van der Waals surface area contributed by atoms with Crippen molar-refractivity contribution in [1.82, 2.24) is 20.3 Å². The lowest BCUT2D eigenvalue weighted by atomic mass is 10.1. The van der Waals surface area contributed by atoms with Gasteiger partial charge in [0.2, 0.25) is 0 Å². The van der Waals surface area contributed by atoms with Crippen molar-refractivity contribution in [1.29, 1.82) is 0 Å². The molecular formula is C9H15F3N4. The molecular weight excluding hydrogens is 221 g/mol. The molecule has 0 spiro atoms. The maximum absolute atomic E-state index is 12.1. The molecule has 1 aromatic rings. The predicted molar refractivity (Wildman–Crippen MR) is 52.7 cm³/mol. The lowest BCUT2D eigenvalue weighted by Gasteiger charge is -2.18. The Labute approximate surface area is 91.8 Å². The molecule has 1 heterocycles. The standard InChI is InChI=1S/C9H15F3N4/c1-3-13-7(4-5-9(10,11)12)8-6-14-15-16(8)2/h6-7,13H,3-5H2,1-2H3. The Bertz CT molecular complexity index is 321. The number of aromatic nitrogens is 3. The van der Waals surface area contributed by atoms with Crippen LogP contribution < -0.4 is 5.32 Å². The minimum Gasteiger partial charge on any atom is -0.309 e. The van der Waals surface area contributed by atoms with Gasteiger partial charge in [-0.1, -0.05) is 12.1 Å². The van der Waals surface area contributed by atoms with Crippen molar-refractivity contribution in [2.45, 2.75) is 32.0 Å². The van der Waals surface area contributed by atoms with Crippen molar-refractivity contribution < 1.29 is 13.2 Å². The summed E-state index contributed by atoms with van der Waals surface area (Å²) in [5, 5.41) is 10.4. The third-order valence-corrected chi connectivity index (χ3v) is 2.27. The second-order valence-electron chi connectivity index (χ2n) is 3.55. The molecule has 1 aromatic heterocycles. The molecule has 0 aliphatic heterocycles. The molecule has 0 aliphatic carbocycles. The molecule has 0 bridgehead atoms. The van der Waals surface area contributed by atoms with Gasteiger partial charge in [0, 0.05) is 13.5 Å². The van der Waals surface area contributed by atoms with Crippen molar-refractivity contribution in [2.24, 2.45) is 7.05 Å². The number of aryl methyl sites for hydroxylation is 1. The van der Waals surface area contributed by atoms with Crippen LogP contribution in [-0.4, -0.2) is 27.7 Å². The molecule has 92 valence electrons. The smallest absolute Gasteiger partial charge is 0.309 e. The van der Waals surface area contributed by atoms with Crippen molar-refractivity contribution in [2.75, 3.05) is 6.54 Å². The molecule has 0 saturated carbocycles. The topological polar surface area (TPSA) is 42.7 Å². The Morgan fingerprint density at radius 1 is 1.50 bits per heavy atom. The monoisotopic (exact) mass is 236 g/mol. The third-order valence-electron chi connectivity index (χ3n) is 2.27. The zero-order valence-electron chi connectivity index (χ0n) is 9.25. The van der Waals surface area contributed by atoms with E-state index in [-0.39, 0.29) is 12.5 Å². The van der Waals surface area contributed by atoms with Crippen molar-refractivity contribution >= 4 is 0 Å². The molecule has 0 amide bonds. The zero-order valence-corrected chi connectivity index (χ0v) is 9.25.